The van der Waals surface area contributed by atoms with Crippen molar-refractivity contribution in [2.24, 2.45) is 0 Å². The van der Waals surface area contributed by atoms with Crippen molar-refractivity contribution in [3.05, 3.63) is 30.3 Å². The second kappa shape index (κ2) is 6.82. The van der Waals surface area contributed by atoms with Crippen molar-refractivity contribution in [2.75, 3.05) is 12.4 Å². The number of rotatable bonds is 5. The number of hydrogen-bond acceptors (Lipinski definition) is 3. The van der Waals surface area contributed by atoms with Gasteiger partial charge in [0.05, 0.1) is 12.7 Å². The van der Waals surface area contributed by atoms with Crippen LogP contribution in [0.2, 0.25) is 0 Å². The molecule has 0 aliphatic heterocycles. The van der Waals surface area contributed by atoms with Crippen LogP contribution in [0.5, 0.6) is 0 Å². The number of benzene rings is 1. The van der Waals surface area contributed by atoms with Gasteiger partial charge < -0.3 is 4.74 Å². The van der Waals surface area contributed by atoms with Gasteiger partial charge >= 0.3 is 0 Å². The average Bonchev–Trinajstić information content (AvgIpc) is 2.38. The molecular formula is C14H18O2S. The van der Waals surface area contributed by atoms with Crippen LogP contribution in [-0.2, 0) is 9.53 Å². The molecule has 2 rings (SSSR count). The summed E-state index contributed by atoms with van der Waals surface area (Å²) < 4.78 is 5.78. The second-order valence-corrected chi connectivity index (χ2v) is 5.44. The number of hydrogen-bond donors (Lipinski definition) is 0. The van der Waals surface area contributed by atoms with Crippen molar-refractivity contribution in [2.45, 2.75) is 36.7 Å². The van der Waals surface area contributed by atoms with Gasteiger partial charge in [0.25, 0.3) is 0 Å². The van der Waals surface area contributed by atoms with Gasteiger partial charge in [-0.2, -0.15) is 0 Å². The van der Waals surface area contributed by atoms with Crippen LogP contribution < -0.4 is 0 Å². The van der Waals surface area contributed by atoms with Gasteiger partial charge in [0.1, 0.15) is 5.78 Å². The van der Waals surface area contributed by atoms with Gasteiger partial charge in [0.15, 0.2) is 0 Å². The fourth-order valence-electron chi connectivity index (χ4n) is 1.97. The van der Waals surface area contributed by atoms with Crippen LogP contribution in [0.15, 0.2) is 35.2 Å². The third kappa shape index (κ3) is 4.52. The molecule has 1 saturated carbocycles. The maximum absolute atomic E-state index is 11.1. The Bertz CT molecular complexity index is 340. The van der Waals surface area contributed by atoms with Gasteiger partial charge in [-0.1, -0.05) is 18.2 Å². The van der Waals surface area contributed by atoms with E-state index in [0.717, 1.165) is 25.2 Å². The van der Waals surface area contributed by atoms with E-state index in [9.17, 15) is 4.79 Å². The number of thioether (sulfide) groups is 1. The van der Waals surface area contributed by atoms with Crippen LogP contribution in [0.3, 0.4) is 0 Å². The molecule has 1 aromatic carbocycles. The van der Waals surface area contributed by atoms with E-state index in [1.54, 1.807) is 0 Å². The second-order valence-electron chi connectivity index (χ2n) is 4.27. The van der Waals surface area contributed by atoms with Crippen molar-refractivity contribution < 1.29 is 9.53 Å². The monoisotopic (exact) mass is 250 g/mol. The molecule has 2 nitrogen and oxygen atoms in total. The molecule has 0 bridgehead atoms. The van der Waals surface area contributed by atoms with Gasteiger partial charge in [-0.15, -0.1) is 11.8 Å². The van der Waals surface area contributed by atoms with E-state index >= 15 is 0 Å². The van der Waals surface area contributed by atoms with E-state index < -0.39 is 0 Å². The van der Waals surface area contributed by atoms with Crippen LogP contribution in [0, 0.1) is 0 Å². The molecule has 92 valence electrons. The molecule has 0 aromatic heterocycles. The number of carbonyl (C=O) groups excluding carboxylic acids is 1. The Morgan fingerprint density at radius 2 is 1.88 bits per heavy atom. The highest BCUT2D eigenvalue weighted by Gasteiger charge is 2.18. The first-order chi connectivity index (χ1) is 8.34. The maximum Gasteiger partial charge on any atom is 0.133 e. The Labute approximate surface area is 107 Å². The first kappa shape index (κ1) is 12.7. The predicted octanol–water partition coefficient (Wildman–Crippen LogP) is 3.31. The lowest BCUT2D eigenvalue weighted by Gasteiger charge is -2.21. The van der Waals surface area contributed by atoms with Crippen molar-refractivity contribution in [3.63, 3.8) is 0 Å². The van der Waals surface area contributed by atoms with Crippen LogP contribution in [-0.4, -0.2) is 24.2 Å². The summed E-state index contributed by atoms with van der Waals surface area (Å²) in [6.45, 7) is 0.776. The zero-order valence-corrected chi connectivity index (χ0v) is 10.7. The van der Waals surface area contributed by atoms with E-state index in [4.69, 9.17) is 4.74 Å². The Kier molecular flexibility index (Phi) is 5.08. The van der Waals surface area contributed by atoms with Crippen LogP contribution in [0.4, 0.5) is 0 Å². The van der Waals surface area contributed by atoms with Crippen molar-refractivity contribution >= 4 is 17.5 Å². The molecule has 0 N–H and O–H groups in total. The third-order valence-corrected chi connectivity index (χ3v) is 3.92. The highest BCUT2D eigenvalue weighted by atomic mass is 32.2. The Morgan fingerprint density at radius 1 is 1.18 bits per heavy atom. The van der Waals surface area contributed by atoms with Crippen molar-refractivity contribution in [1.29, 1.82) is 0 Å². The molecule has 1 aromatic rings. The molecule has 1 fully saturated rings. The molecule has 0 amide bonds. The van der Waals surface area contributed by atoms with Crippen LogP contribution in [0.1, 0.15) is 25.7 Å². The van der Waals surface area contributed by atoms with E-state index in [1.807, 2.05) is 17.8 Å². The van der Waals surface area contributed by atoms with E-state index in [1.165, 1.54) is 4.90 Å². The Morgan fingerprint density at radius 3 is 2.59 bits per heavy atom. The first-order valence-electron chi connectivity index (χ1n) is 6.16. The summed E-state index contributed by atoms with van der Waals surface area (Å²) in [6.07, 6.45) is 3.54. The topological polar surface area (TPSA) is 26.3 Å². The Hall–Kier alpha value is -0.800. The summed E-state index contributed by atoms with van der Waals surface area (Å²) in [6, 6.07) is 10.4. The van der Waals surface area contributed by atoms with Gasteiger partial charge in [0.2, 0.25) is 0 Å². The van der Waals surface area contributed by atoms with Gasteiger partial charge in [-0.05, 0) is 25.0 Å². The molecule has 0 radical (unpaired) electrons. The summed E-state index contributed by atoms with van der Waals surface area (Å²) in [5.74, 6) is 1.37. The lowest BCUT2D eigenvalue weighted by Crippen LogP contribution is -2.22. The summed E-state index contributed by atoms with van der Waals surface area (Å²) >= 11 is 1.82. The number of Topliss-reactive ketones (excluding diaryl/α,β-unsaturated/α-hetero) is 1. The summed E-state index contributed by atoms with van der Waals surface area (Å²) in [7, 11) is 0. The molecule has 1 aliphatic rings. The third-order valence-electron chi connectivity index (χ3n) is 2.94. The number of ether oxygens (including phenoxy) is 1. The fourth-order valence-corrected chi connectivity index (χ4v) is 2.74. The quantitative estimate of drug-likeness (QED) is 0.592. The molecule has 1 aliphatic carbocycles. The van der Waals surface area contributed by atoms with Crippen LogP contribution in [0.25, 0.3) is 0 Å². The first-order valence-corrected chi connectivity index (χ1v) is 7.14. The van der Waals surface area contributed by atoms with Gasteiger partial charge in [-0.25, -0.2) is 0 Å². The molecule has 0 spiro atoms. The Balaban J connectivity index is 1.59. The minimum Gasteiger partial charge on any atom is -0.377 e. The molecule has 0 unspecified atom stereocenters. The summed E-state index contributed by atoms with van der Waals surface area (Å²) in [5, 5.41) is 0. The van der Waals surface area contributed by atoms with E-state index in [0.29, 0.717) is 24.7 Å². The normalized spacial score (nSPS) is 17.3. The summed E-state index contributed by atoms with van der Waals surface area (Å²) in [4.78, 5) is 12.4. The van der Waals surface area contributed by atoms with Crippen molar-refractivity contribution in [3.8, 4) is 0 Å². The molecular weight excluding hydrogens is 232 g/mol. The zero-order valence-electron chi connectivity index (χ0n) is 9.93. The average molecular weight is 250 g/mol. The molecule has 0 atom stereocenters. The zero-order chi connectivity index (χ0) is 11.9. The molecule has 0 saturated heterocycles. The maximum atomic E-state index is 11.1. The molecule has 0 heterocycles. The number of carbonyl (C=O) groups is 1. The van der Waals surface area contributed by atoms with Crippen LogP contribution >= 0.6 is 11.8 Å². The smallest absolute Gasteiger partial charge is 0.133 e. The molecule has 17 heavy (non-hydrogen) atoms. The SMILES string of the molecule is O=C1CCC(OCCSc2ccccc2)CC1. The summed E-state index contributed by atoms with van der Waals surface area (Å²) in [5.41, 5.74) is 0. The largest absolute Gasteiger partial charge is 0.377 e. The lowest BCUT2D eigenvalue weighted by molar-refractivity contribution is -0.122. The predicted molar refractivity (Wildman–Crippen MR) is 70.4 cm³/mol. The minimum atomic E-state index is 0.309. The molecule has 3 heteroatoms. The number of ketones is 1. The lowest BCUT2D eigenvalue weighted by atomic mass is 9.97. The fraction of sp³-hybridized carbons (Fsp3) is 0.500. The van der Waals surface area contributed by atoms with Gasteiger partial charge in [-0.3, -0.25) is 4.79 Å². The van der Waals surface area contributed by atoms with E-state index in [-0.39, 0.29) is 0 Å². The highest BCUT2D eigenvalue weighted by molar-refractivity contribution is 7.99. The van der Waals surface area contributed by atoms with Gasteiger partial charge in [0, 0.05) is 23.5 Å². The van der Waals surface area contributed by atoms with E-state index in [2.05, 4.69) is 24.3 Å². The standard InChI is InChI=1S/C14H18O2S/c15-12-6-8-13(9-7-12)16-10-11-17-14-4-2-1-3-5-14/h1-5,13H,6-11H2. The highest BCUT2D eigenvalue weighted by Crippen LogP contribution is 2.20. The minimum absolute atomic E-state index is 0.309. The van der Waals surface area contributed by atoms with Crippen molar-refractivity contribution in [1.82, 2.24) is 0 Å².